The van der Waals surface area contributed by atoms with Gasteiger partial charge in [-0.2, -0.15) is 0 Å². The average molecular weight is 241 g/mol. The zero-order valence-corrected chi connectivity index (χ0v) is 9.65. The highest BCUT2D eigenvalue weighted by Crippen LogP contribution is 2.15. The van der Waals surface area contributed by atoms with E-state index in [1.807, 2.05) is 6.92 Å². The van der Waals surface area contributed by atoms with E-state index in [1.165, 1.54) is 6.07 Å². The van der Waals surface area contributed by atoms with E-state index in [9.17, 15) is 9.18 Å². The van der Waals surface area contributed by atoms with Gasteiger partial charge >= 0.3 is 5.97 Å². The fraction of sp³-hybridized carbons (Fsp3) is 0.417. The highest BCUT2D eigenvalue weighted by Gasteiger charge is 2.06. The number of ether oxygens (including phenoxy) is 1. The highest BCUT2D eigenvalue weighted by atomic mass is 19.1. The Kier molecular flexibility index (Phi) is 5.42. The highest BCUT2D eigenvalue weighted by molar-refractivity contribution is 5.66. The minimum Gasteiger partial charge on any atom is -0.489 e. The number of hydrogen-bond acceptors (Lipinski definition) is 3. The van der Waals surface area contributed by atoms with E-state index in [1.54, 1.807) is 18.2 Å². The lowest BCUT2D eigenvalue weighted by atomic mass is 10.3. The zero-order valence-electron chi connectivity index (χ0n) is 9.65. The number of nitrogens with one attached hydrogen (secondary N) is 1. The quantitative estimate of drug-likeness (QED) is 0.762. The molecule has 94 valence electrons. The lowest BCUT2D eigenvalue weighted by molar-refractivity contribution is -0.136. The van der Waals surface area contributed by atoms with Gasteiger partial charge in [-0.15, -0.1) is 0 Å². The number of benzene rings is 1. The molecule has 0 aliphatic rings. The molecule has 1 rings (SSSR count). The molecular weight excluding hydrogens is 225 g/mol. The molecule has 0 spiro atoms. The van der Waals surface area contributed by atoms with E-state index in [2.05, 4.69) is 5.32 Å². The Balaban J connectivity index is 2.26. The summed E-state index contributed by atoms with van der Waals surface area (Å²) in [5, 5.41) is 11.4. The molecule has 1 atom stereocenters. The van der Waals surface area contributed by atoms with Gasteiger partial charge in [-0.25, -0.2) is 4.39 Å². The molecule has 4 nitrogen and oxygen atoms in total. The summed E-state index contributed by atoms with van der Waals surface area (Å²) in [5.74, 6) is -1.04. The van der Waals surface area contributed by atoms with Gasteiger partial charge in [-0.1, -0.05) is 12.1 Å². The van der Waals surface area contributed by atoms with Gasteiger partial charge in [-0.05, 0) is 19.1 Å². The first-order valence-corrected chi connectivity index (χ1v) is 5.42. The van der Waals surface area contributed by atoms with Crippen molar-refractivity contribution in [3.63, 3.8) is 0 Å². The molecule has 17 heavy (non-hydrogen) atoms. The molecule has 0 radical (unpaired) electrons. The first-order chi connectivity index (χ1) is 8.09. The lowest BCUT2D eigenvalue weighted by Gasteiger charge is -2.14. The van der Waals surface area contributed by atoms with Gasteiger partial charge in [0.2, 0.25) is 0 Å². The van der Waals surface area contributed by atoms with Crippen LogP contribution in [0.2, 0.25) is 0 Å². The molecule has 5 heteroatoms. The molecule has 0 fully saturated rings. The van der Waals surface area contributed by atoms with Crippen LogP contribution >= 0.6 is 0 Å². The van der Waals surface area contributed by atoms with Crippen LogP contribution in [0, 0.1) is 5.82 Å². The fourth-order valence-electron chi connectivity index (χ4n) is 1.26. The second kappa shape index (κ2) is 6.85. The van der Waals surface area contributed by atoms with Crippen LogP contribution in [0.3, 0.4) is 0 Å². The van der Waals surface area contributed by atoms with Crippen molar-refractivity contribution in [2.45, 2.75) is 19.4 Å². The summed E-state index contributed by atoms with van der Waals surface area (Å²) in [6, 6.07) is 6.14. The van der Waals surface area contributed by atoms with Crippen molar-refractivity contribution >= 4 is 5.97 Å². The third-order valence-electron chi connectivity index (χ3n) is 2.16. The molecule has 0 saturated carbocycles. The Morgan fingerprint density at radius 3 is 2.88 bits per heavy atom. The molecule has 1 unspecified atom stereocenters. The van der Waals surface area contributed by atoms with E-state index >= 15 is 0 Å². The zero-order chi connectivity index (χ0) is 12.7. The Labute approximate surface area is 99.4 Å². The predicted octanol–water partition coefficient (Wildman–Crippen LogP) is 1.66. The summed E-state index contributed by atoms with van der Waals surface area (Å²) in [4.78, 5) is 10.3. The fourth-order valence-corrected chi connectivity index (χ4v) is 1.26. The van der Waals surface area contributed by atoms with Gasteiger partial charge in [-0.3, -0.25) is 4.79 Å². The summed E-state index contributed by atoms with van der Waals surface area (Å²) >= 11 is 0. The first kappa shape index (κ1) is 13.4. The second-order valence-corrected chi connectivity index (χ2v) is 3.74. The number of para-hydroxylation sites is 1. The monoisotopic (exact) mass is 241 g/mol. The van der Waals surface area contributed by atoms with Gasteiger partial charge in [0.1, 0.15) is 6.61 Å². The molecule has 0 heterocycles. The number of carbonyl (C=O) groups is 1. The van der Waals surface area contributed by atoms with Crippen LogP contribution in [-0.4, -0.2) is 30.3 Å². The van der Waals surface area contributed by atoms with Crippen LogP contribution < -0.4 is 10.1 Å². The lowest BCUT2D eigenvalue weighted by Crippen LogP contribution is -2.33. The molecule has 0 aliphatic heterocycles. The van der Waals surface area contributed by atoms with Crippen LogP contribution in [0.15, 0.2) is 24.3 Å². The molecule has 1 aromatic carbocycles. The smallest absolute Gasteiger partial charge is 0.304 e. The Bertz CT molecular complexity index is 371. The largest absolute Gasteiger partial charge is 0.489 e. The average Bonchev–Trinajstić information content (AvgIpc) is 2.27. The number of carboxylic acid groups (broad SMARTS) is 1. The number of halogens is 1. The second-order valence-electron chi connectivity index (χ2n) is 3.74. The van der Waals surface area contributed by atoms with Gasteiger partial charge in [0.15, 0.2) is 11.6 Å². The van der Waals surface area contributed by atoms with Crippen LogP contribution in [0.1, 0.15) is 13.3 Å². The van der Waals surface area contributed by atoms with E-state index in [0.717, 1.165) is 0 Å². The standard InChI is InChI=1S/C12H16FNO3/c1-9(14-7-6-12(15)16)8-17-11-5-3-2-4-10(11)13/h2-5,9,14H,6-8H2,1H3,(H,15,16). The van der Waals surface area contributed by atoms with Crippen molar-refractivity contribution in [3.05, 3.63) is 30.1 Å². The molecule has 0 aromatic heterocycles. The molecular formula is C12H16FNO3. The van der Waals surface area contributed by atoms with E-state index in [-0.39, 0.29) is 18.2 Å². The Morgan fingerprint density at radius 2 is 2.24 bits per heavy atom. The van der Waals surface area contributed by atoms with Crippen LogP contribution in [0.5, 0.6) is 5.75 Å². The van der Waals surface area contributed by atoms with Crippen molar-refractivity contribution in [1.29, 1.82) is 0 Å². The number of rotatable bonds is 7. The number of carboxylic acids is 1. The van der Waals surface area contributed by atoms with E-state index < -0.39 is 11.8 Å². The maximum atomic E-state index is 13.2. The molecule has 1 aromatic rings. The van der Waals surface area contributed by atoms with Gasteiger partial charge in [0.25, 0.3) is 0 Å². The van der Waals surface area contributed by atoms with Gasteiger partial charge in [0.05, 0.1) is 6.42 Å². The summed E-state index contributed by atoms with van der Waals surface area (Å²) < 4.78 is 18.4. The maximum Gasteiger partial charge on any atom is 0.304 e. The summed E-state index contributed by atoms with van der Waals surface area (Å²) in [7, 11) is 0. The minimum atomic E-state index is -0.847. The Morgan fingerprint density at radius 1 is 1.53 bits per heavy atom. The van der Waals surface area contributed by atoms with Gasteiger partial charge in [0, 0.05) is 12.6 Å². The molecule has 0 saturated heterocycles. The SMILES string of the molecule is CC(COc1ccccc1F)NCCC(=O)O. The van der Waals surface area contributed by atoms with Gasteiger partial charge < -0.3 is 15.2 Å². The molecule has 0 amide bonds. The van der Waals surface area contributed by atoms with Crippen molar-refractivity contribution in [2.24, 2.45) is 0 Å². The van der Waals surface area contributed by atoms with Crippen molar-refractivity contribution in [2.75, 3.05) is 13.2 Å². The number of aliphatic carboxylic acids is 1. The molecule has 2 N–H and O–H groups in total. The topological polar surface area (TPSA) is 58.6 Å². The molecule has 0 aliphatic carbocycles. The first-order valence-electron chi connectivity index (χ1n) is 5.42. The normalized spacial score (nSPS) is 12.1. The Hall–Kier alpha value is -1.62. The van der Waals surface area contributed by atoms with Crippen molar-refractivity contribution < 1.29 is 19.0 Å². The minimum absolute atomic E-state index is 0.0334. The summed E-state index contributed by atoms with van der Waals surface area (Å²) in [6.45, 7) is 2.51. The van der Waals surface area contributed by atoms with E-state index in [0.29, 0.717) is 13.2 Å². The summed E-state index contributed by atoms with van der Waals surface area (Å²) in [6.07, 6.45) is 0.0596. The predicted molar refractivity (Wildman–Crippen MR) is 61.6 cm³/mol. The van der Waals surface area contributed by atoms with Crippen molar-refractivity contribution in [1.82, 2.24) is 5.32 Å². The van der Waals surface area contributed by atoms with Crippen LogP contribution in [-0.2, 0) is 4.79 Å². The van der Waals surface area contributed by atoms with Crippen LogP contribution in [0.4, 0.5) is 4.39 Å². The third-order valence-corrected chi connectivity index (χ3v) is 2.16. The maximum absolute atomic E-state index is 13.2. The van der Waals surface area contributed by atoms with E-state index in [4.69, 9.17) is 9.84 Å². The summed E-state index contributed by atoms with van der Waals surface area (Å²) in [5.41, 5.74) is 0. The third kappa shape index (κ3) is 5.31. The van der Waals surface area contributed by atoms with Crippen molar-refractivity contribution in [3.8, 4) is 5.75 Å². The van der Waals surface area contributed by atoms with Crippen LogP contribution in [0.25, 0.3) is 0 Å². The molecule has 0 bridgehead atoms. The number of hydrogen-bond donors (Lipinski definition) is 2.